The fraction of sp³-hybridized carbons (Fsp3) is 0.273. The topological polar surface area (TPSA) is 92.3 Å². The van der Waals surface area contributed by atoms with Gasteiger partial charge in [0.2, 0.25) is 11.8 Å². The first-order valence-electron chi connectivity index (χ1n) is 5.34. The quantitative estimate of drug-likeness (QED) is 0.783. The molecule has 1 rings (SSSR count). The first-order chi connectivity index (χ1) is 8.85. The number of sulfonamides is 1. The largest absolute Gasteiger partial charge is 0.326 e. The van der Waals surface area contributed by atoms with E-state index in [4.69, 9.17) is 0 Å². The number of carbonyl (C=O) groups is 2. The van der Waals surface area contributed by atoms with Crippen molar-refractivity contribution in [2.75, 3.05) is 10.6 Å². The number of amides is 2. The van der Waals surface area contributed by atoms with Crippen LogP contribution >= 0.6 is 15.9 Å². The number of benzene rings is 1. The molecule has 0 radical (unpaired) electrons. The Hall–Kier alpha value is -1.41. The smallest absolute Gasteiger partial charge is 0.264 e. The molecule has 0 unspecified atom stereocenters. The van der Waals surface area contributed by atoms with Gasteiger partial charge >= 0.3 is 0 Å². The highest BCUT2D eigenvalue weighted by Gasteiger charge is 2.15. The van der Waals surface area contributed by atoms with Crippen LogP contribution in [0.15, 0.2) is 29.2 Å². The van der Waals surface area contributed by atoms with Gasteiger partial charge < -0.3 is 5.32 Å². The van der Waals surface area contributed by atoms with Gasteiger partial charge in [-0.3, -0.25) is 9.59 Å². The number of hydrogen-bond donors (Lipinski definition) is 2. The molecule has 2 N–H and O–H groups in total. The van der Waals surface area contributed by atoms with Gasteiger partial charge in [0, 0.05) is 24.4 Å². The summed E-state index contributed by atoms with van der Waals surface area (Å²) < 4.78 is 25.2. The zero-order valence-electron chi connectivity index (χ0n) is 10.1. The lowest BCUT2D eigenvalue weighted by atomic mass is 10.3. The molecule has 0 bridgehead atoms. The molecular formula is C11H13BrN2O4S. The Morgan fingerprint density at radius 1 is 1.21 bits per heavy atom. The van der Waals surface area contributed by atoms with Gasteiger partial charge in [-0.25, -0.2) is 13.1 Å². The number of nitrogens with one attached hydrogen (secondary N) is 2. The van der Waals surface area contributed by atoms with Gasteiger partial charge in [-0.2, -0.15) is 0 Å². The molecule has 19 heavy (non-hydrogen) atoms. The molecular weight excluding hydrogens is 336 g/mol. The molecule has 0 saturated heterocycles. The van der Waals surface area contributed by atoms with E-state index in [1.54, 1.807) is 0 Å². The van der Waals surface area contributed by atoms with Crippen LogP contribution in [0.5, 0.6) is 0 Å². The van der Waals surface area contributed by atoms with Crippen molar-refractivity contribution in [2.45, 2.75) is 18.2 Å². The minimum atomic E-state index is -3.83. The van der Waals surface area contributed by atoms with E-state index in [-0.39, 0.29) is 10.8 Å². The Balaban J connectivity index is 2.82. The lowest BCUT2D eigenvalue weighted by Gasteiger charge is -2.07. The van der Waals surface area contributed by atoms with Crippen LogP contribution < -0.4 is 10.0 Å². The number of anilines is 1. The van der Waals surface area contributed by atoms with Gasteiger partial charge in [0.15, 0.2) is 0 Å². The standard InChI is InChI=1S/C11H13BrN2O4S/c1-8(15)14-19(17,18)10-4-2-9(3-5-10)13-11(16)6-7-12/h2-5H,6-7H2,1H3,(H,13,16)(H,14,15). The van der Waals surface area contributed by atoms with Crippen LogP contribution in [0.4, 0.5) is 5.69 Å². The minimum Gasteiger partial charge on any atom is -0.326 e. The molecule has 0 spiro atoms. The predicted octanol–water partition coefficient (Wildman–Crippen LogP) is 1.23. The SMILES string of the molecule is CC(=O)NS(=O)(=O)c1ccc(NC(=O)CCBr)cc1. The van der Waals surface area contributed by atoms with E-state index in [0.717, 1.165) is 6.92 Å². The van der Waals surface area contributed by atoms with Crippen LogP contribution in [0.3, 0.4) is 0 Å². The fourth-order valence-corrected chi connectivity index (χ4v) is 2.63. The molecule has 6 nitrogen and oxygen atoms in total. The van der Waals surface area contributed by atoms with E-state index in [1.165, 1.54) is 24.3 Å². The maximum absolute atomic E-state index is 11.7. The molecule has 0 aromatic heterocycles. The van der Waals surface area contributed by atoms with Crippen molar-refractivity contribution < 1.29 is 18.0 Å². The molecule has 0 aliphatic carbocycles. The summed E-state index contributed by atoms with van der Waals surface area (Å²) in [5, 5.41) is 3.16. The number of carbonyl (C=O) groups excluding carboxylic acids is 2. The summed E-state index contributed by atoms with van der Waals surface area (Å²) in [6, 6.07) is 5.55. The van der Waals surface area contributed by atoms with Crippen molar-refractivity contribution in [1.82, 2.24) is 4.72 Å². The Bertz CT molecular complexity index is 569. The van der Waals surface area contributed by atoms with E-state index in [0.29, 0.717) is 17.4 Å². The fourth-order valence-electron chi connectivity index (χ4n) is 1.27. The van der Waals surface area contributed by atoms with Crippen LogP contribution in [0, 0.1) is 0 Å². The number of alkyl halides is 1. The summed E-state index contributed by atoms with van der Waals surface area (Å²) in [4.78, 5) is 22.0. The summed E-state index contributed by atoms with van der Waals surface area (Å²) in [5.41, 5.74) is 0.493. The zero-order valence-corrected chi connectivity index (χ0v) is 12.5. The number of halogens is 1. The van der Waals surface area contributed by atoms with Crippen LogP contribution in [0.1, 0.15) is 13.3 Å². The number of rotatable bonds is 5. The minimum absolute atomic E-state index is 0.0406. The molecule has 0 atom stereocenters. The normalized spacial score (nSPS) is 10.8. The van der Waals surface area contributed by atoms with Crippen molar-refractivity contribution >= 4 is 43.5 Å². The highest BCUT2D eigenvalue weighted by atomic mass is 79.9. The molecule has 1 aromatic rings. The molecule has 2 amide bonds. The summed E-state index contributed by atoms with van der Waals surface area (Å²) in [5.74, 6) is -0.830. The van der Waals surface area contributed by atoms with E-state index >= 15 is 0 Å². The lowest BCUT2D eigenvalue weighted by molar-refractivity contribution is -0.117. The van der Waals surface area contributed by atoms with Gasteiger partial charge in [-0.05, 0) is 24.3 Å². The van der Waals surface area contributed by atoms with Crippen molar-refractivity contribution in [3.63, 3.8) is 0 Å². The van der Waals surface area contributed by atoms with Gasteiger partial charge in [-0.15, -0.1) is 0 Å². The van der Waals surface area contributed by atoms with Gasteiger partial charge in [0.05, 0.1) is 4.90 Å². The third-order valence-electron chi connectivity index (χ3n) is 2.05. The average molecular weight is 349 g/mol. The maximum Gasteiger partial charge on any atom is 0.264 e. The van der Waals surface area contributed by atoms with Gasteiger partial charge in [0.25, 0.3) is 10.0 Å². The molecule has 0 aliphatic rings. The zero-order chi connectivity index (χ0) is 14.5. The van der Waals surface area contributed by atoms with Crippen molar-refractivity contribution in [3.05, 3.63) is 24.3 Å². The monoisotopic (exact) mass is 348 g/mol. The van der Waals surface area contributed by atoms with Crippen LogP contribution in [-0.4, -0.2) is 25.6 Å². The Morgan fingerprint density at radius 2 is 1.79 bits per heavy atom. The van der Waals surface area contributed by atoms with E-state index in [9.17, 15) is 18.0 Å². The molecule has 0 fully saturated rings. The van der Waals surface area contributed by atoms with E-state index in [1.807, 2.05) is 4.72 Å². The van der Waals surface area contributed by atoms with E-state index in [2.05, 4.69) is 21.2 Å². The highest BCUT2D eigenvalue weighted by Crippen LogP contribution is 2.14. The molecule has 8 heteroatoms. The second-order valence-electron chi connectivity index (χ2n) is 3.67. The first-order valence-corrected chi connectivity index (χ1v) is 7.95. The number of hydrogen-bond acceptors (Lipinski definition) is 4. The molecule has 0 aliphatic heterocycles. The van der Waals surface area contributed by atoms with Crippen LogP contribution in [0.25, 0.3) is 0 Å². The lowest BCUT2D eigenvalue weighted by Crippen LogP contribution is -2.28. The van der Waals surface area contributed by atoms with Gasteiger partial charge in [0.1, 0.15) is 0 Å². The third-order valence-corrected chi connectivity index (χ3v) is 3.89. The Kier molecular flexibility index (Phi) is 5.49. The average Bonchev–Trinajstić information content (AvgIpc) is 2.28. The second kappa shape index (κ2) is 6.67. The van der Waals surface area contributed by atoms with E-state index < -0.39 is 15.9 Å². The highest BCUT2D eigenvalue weighted by molar-refractivity contribution is 9.09. The summed E-state index contributed by atoms with van der Waals surface area (Å²) in [6.07, 6.45) is 0.325. The van der Waals surface area contributed by atoms with Crippen molar-refractivity contribution in [1.29, 1.82) is 0 Å². The molecule has 0 heterocycles. The Morgan fingerprint density at radius 3 is 2.26 bits per heavy atom. The van der Waals surface area contributed by atoms with Crippen molar-refractivity contribution in [2.24, 2.45) is 0 Å². The summed E-state index contributed by atoms with van der Waals surface area (Å²) in [6.45, 7) is 1.12. The molecule has 104 valence electrons. The van der Waals surface area contributed by atoms with Crippen molar-refractivity contribution in [3.8, 4) is 0 Å². The van der Waals surface area contributed by atoms with Gasteiger partial charge in [-0.1, -0.05) is 15.9 Å². The maximum atomic E-state index is 11.7. The van der Waals surface area contributed by atoms with Crippen LogP contribution in [0.2, 0.25) is 0 Å². The molecule has 1 aromatic carbocycles. The predicted molar refractivity (Wildman–Crippen MR) is 74.5 cm³/mol. The molecule has 0 saturated carbocycles. The summed E-state index contributed by atoms with van der Waals surface area (Å²) >= 11 is 3.14. The second-order valence-corrected chi connectivity index (χ2v) is 6.15. The summed E-state index contributed by atoms with van der Waals surface area (Å²) in [7, 11) is -3.83. The van der Waals surface area contributed by atoms with Crippen LogP contribution in [-0.2, 0) is 19.6 Å². The Labute approximate surface area is 119 Å². The first kappa shape index (κ1) is 15.6. The third kappa shape index (κ3) is 4.99.